The predicted octanol–water partition coefficient (Wildman–Crippen LogP) is 2.30. The average Bonchev–Trinajstić information content (AvgIpc) is 2.37. The van der Waals surface area contributed by atoms with E-state index >= 15 is 0 Å². The SMILES string of the molecule is CN1CCC(CNCCc2cccc(F)c2)CC1. The van der Waals surface area contributed by atoms with Gasteiger partial charge >= 0.3 is 0 Å². The fourth-order valence-electron chi connectivity index (χ4n) is 2.50. The summed E-state index contributed by atoms with van der Waals surface area (Å²) in [7, 11) is 2.19. The number of benzene rings is 1. The summed E-state index contributed by atoms with van der Waals surface area (Å²) in [5.41, 5.74) is 1.07. The summed E-state index contributed by atoms with van der Waals surface area (Å²) in [6.07, 6.45) is 3.50. The maximum Gasteiger partial charge on any atom is 0.123 e. The molecule has 1 heterocycles. The maximum absolute atomic E-state index is 13.0. The highest BCUT2D eigenvalue weighted by molar-refractivity contribution is 5.16. The molecule has 1 fully saturated rings. The quantitative estimate of drug-likeness (QED) is 0.807. The lowest BCUT2D eigenvalue weighted by Gasteiger charge is -2.29. The molecule has 1 aromatic carbocycles. The van der Waals surface area contributed by atoms with Gasteiger partial charge in [0, 0.05) is 0 Å². The van der Waals surface area contributed by atoms with Gasteiger partial charge in [0.25, 0.3) is 0 Å². The summed E-state index contributed by atoms with van der Waals surface area (Å²) < 4.78 is 13.0. The number of nitrogens with one attached hydrogen (secondary N) is 1. The first-order valence-electron chi connectivity index (χ1n) is 6.88. The fourth-order valence-corrected chi connectivity index (χ4v) is 2.50. The Hall–Kier alpha value is -0.930. The zero-order valence-electron chi connectivity index (χ0n) is 11.2. The number of likely N-dealkylation sites (tertiary alicyclic amines) is 1. The molecule has 1 aliphatic rings. The predicted molar refractivity (Wildman–Crippen MR) is 73.2 cm³/mol. The highest BCUT2D eigenvalue weighted by Gasteiger charge is 2.15. The third-order valence-electron chi connectivity index (χ3n) is 3.75. The van der Waals surface area contributed by atoms with Crippen molar-refractivity contribution in [3.63, 3.8) is 0 Å². The smallest absolute Gasteiger partial charge is 0.123 e. The Morgan fingerprint density at radius 2 is 2.11 bits per heavy atom. The van der Waals surface area contributed by atoms with Crippen LogP contribution in [0.4, 0.5) is 4.39 Å². The highest BCUT2D eigenvalue weighted by atomic mass is 19.1. The van der Waals surface area contributed by atoms with Crippen molar-refractivity contribution in [1.82, 2.24) is 10.2 Å². The third kappa shape index (κ3) is 4.39. The van der Waals surface area contributed by atoms with Gasteiger partial charge in [-0.3, -0.25) is 0 Å². The standard InChI is InChI=1S/C15H23FN2/c1-18-9-6-14(7-10-18)12-17-8-5-13-3-2-4-15(16)11-13/h2-4,11,14,17H,5-10,12H2,1H3. The summed E-state index contributed by atoms with van der Waals surface area (Å²) in [6.45, 7) is 4.48. The topological polar surface area (TPSA) is 15.3 Å². The molecule has 1 aliphatic heterocycles. The highest BCUT2D eigenvalue weighted by Crippen LogP contribution is 2.14. The Balaban J connectivity index is 1.61. The fraction of sp³-hybridized carbons (Fsp3) is 0.600. The average molecular weight is 250 g/mol. The van der Waals surface area contributed by atoms with Crippen molar-refractivity contribution in [2.75, 3.05) is 33.2 Å². The molecule has 0 bridgehead atoms. The summed E-state index contributed by atoms with van der Waals surface area (Å²) in [5.74, 6) is 0.677. The summed E-state index contributed by atoms with van der Waals surface area (Å²) >= 11 is 0. The van der Waals surface area contributed by atoms with Crippen LogP contribution in [0.1, 0.15) is 18.4 Å². The summed E-state index contributed by atoms with van der Waals surface area (Å²) in [5, 5.41) is 3.50. The van der Waals surface area contributed by atoms with E-state index in [0.717, 1.165) is 31.0 Å². The van der Waals surface area contributed by atoms with Gasteiger partial charge < -0.3 is 10.2 Å². The second-order valence-electron chi connectivity index (χ2n) is 5.33. The third-order valence-corrected chi connectivity index (χ3v) is 3.75. The number of hydrogen-bond donors (Lipinski definition) is 1. The lowest BCUT2D eigenvalue weighted by Crippen LogP contribution is -2.35. The normalized spacial score (nSPS) is 18.1. The van der Waals surface area contributed by atoms with Crippen LogP contribution in [0.2, 0.25) is 0 Å². The van der Waals surface area contributed by atoms with Gasteiger partial charge in [0.2, 0.25) is 0 Å². The van der Waals surface area contributed by atoms with Crippen molar-refractivity contribution >= 4 is 0 Å². The Bertz CT molecular complexity index is 359. The molecule has 0 aromatic heterocycles. The minimum Gasteiger partial charge on any atom is -0.316 e. The van der Waals surface area contributed by atoms with Crippen LogP contribution in [0.5, 0.6) is 0 Å². The molecule has 0 spiro atoms. The van der Waals surface area contributed by atoms with Crippen LogP contribution < -0.4 is 5.32 Å². The number of piperidine rings is 1. The van der Waals surface area contributed by atoms with E-state index in [-0.39, 0.29) is 5.82 Å². The van der Waals surface area contributed by atoms with E-state index < -0.39 is 0 Å². The van der Waals surface area contributed by atoms with Gasteiger partial charge in [-0.15, -0.1) is 0 Å². The zero-order chi connectivity index (χ0) is 12.8. The number of hydrogen-bond acceptors (Lipinski definition) is 2. The van der Waals surface area contributed by atoms with Crippen LogP contribution in [-0.4, -0.2) is 38.1 Å². The van der Waals surface area contributed by atoms with Gasteiger partial charge in [-0.1, -0.05) is 12.1 Å². The maximum atomic E-state index is 13.0. The molecular formula is C15H23FN2. The minimum atomic E-state index is -0.136. The molecule has 2 rings (SSSR count). The van der Waals surface area contributed by atoms with E-state index in [2.05, 4.69) is 17.3 Å². The van der Waals surface area contributed by atoms with E-state index in [1.54, 1.807) is 12.1 Å². The van der Waals surface area contributed by atoms with E-state index in [1.165, 1.54) is 32.0 Å². The van der Waals surface area contributed by atoms with Crippen LogP contribution in [0.3, 0.4) is 0 Å². The molecule has 1 N–H and O–H groups in total. The Labute approximate surface area is 109 Å². The Morgan fingerprint density at radius 3 is 2.83 bits per heavy atom. The number of rotatable bonds is 5. The molecule has 0 atom stereocenters. The van der Waals surface area contributed by atoms with E-state index in [4.69, 9.17) is 0 Å². The van der Waals surface area contributed by atoms with E-state index in [9.17, 15) is 4.39 Å². The van der Waals surface area contributed by atoms with Gasteiger partial charge in [-0.25, -0.2) is 4.39 Å². The van der Waals surface area contributed by atoms with Gasteiger partial charge in [-0.2, -0.15) is 0 Å². The second-order valence-corrected chi connectivity index (χ2v) is 5.33. The summed E-state index contributed by atoms with van der Waals surface area (Å²) in [4.78, 5) is 2.39. The van der Waals surface area contributed by atoms with Crippen LogP contribution in [-0.2, 0) is 6.42 Å². The number of halogens is 1. The molecule has 0 amide bonds. The molecule has 0 unspecified atom stereocenters. The number of nitrogens with zero attached hydrogens (tertiary/aromatic N) is 1. The van der Waals surface area contributed by atoms with Crippen molar-refractivity contribution in [3.05, 3.63) is 35.6 Å². The first-order chi connectivity index (χ1) is 8.74. The lowest BCUT2D eigenvalue weighted by molar-refractivity contribution is 0.216. The van der Waals surface area contributed by atoms with Crippen LogP contribution in [0, 0.1) is 11.7 Å². The first kappa shape index (κ1) is 13.5. The largest absolute Gasteiger partial charge is 0.316 e. The molecule has 1 saturated heterocycles. The monoisotopic (exact) mass is 250 g/mol. The van der Waals surface area contributed by atoms with E-state index in [0.29, 0.717) is 0 Å². The first-order valence-corrected chi connectivity index (χ1v) is 6.88. The summed E-state index contributed by atoms with van der Waals surface area (Å²) in [6, 6.07) is 6.88. The molecule has 0 aliphatic carbocycles. The second kappa shape index (κ2) is 6.86. The molecule has 100 valence electrons. The van der Waals surface area contributed by atoms with Crippen molar-refractivity contribution in [2.24, 2.45) is 5.92 Å². The van der Waals surface area contributed by atoms with Crippen molar-refractivity contribution in [1.29, 1.82) is 0 Å². The molecule has 2 nitrogen and oxygen atoms in total. The molecule has 0 saturated carbocycles. The molecule has 1 aromatic rings. The molecular weight excluding hydrogens is 227 g/mol. The van der Waals surface area contributed by atoms with Crippen molar-refractivity contribution < 1.29 is 4.39 Å². The lowest BCUT2D eigenvalue weighted by atomic mass is 9.97. The van der Waals surface area contributed by atoms with Gasteiger partial charge in [0.05, 0.1) is 0 Å². The van der Waals surface area contributed by atoms with Gasteiger partial charge in [-0.05, 0) is 76.1 Å². The molecule has 0 radical (unpaired) electrons. The van der Waals surface area contributed by atoms with Gasteiger partial charge in [0.1, 0.15) is 5.82 Å². The zero-order valence-corrected chi connectivity index (χ0v) is 11.2. The van der Waals surface area contributed by atoms with Crippen molar-refractivity contribution in [2.45, 2.75) is 19.3 Å². The molecule has 3 heteroatoms. The van der Waals surface area contributed by atoms with Crippen LogP contribution in [0.15, 0.2) is 24.3 Å². The van der Waals surface area contributed by atoms with E-state index in [1.807, 2.05) is 6.07 Å². The Morgan fingerprint density at radius 1 is 1.33 bits per heavy atom. The Kier molecular flexibility index (Phi) is 5.14. The van der Waals surface area contributed by atoms with Gasteiger partial charge in [0.15, 0.2) is 0 Å². The minimum absolute atomic E-state index is 0.136. The van der Waals surface area contributed by atoms with Crippen molar-refractivity contribution in [3.8, 4) is 0 Å². The van der Waals surface area contributed by atoms with Crippen LogP contribution >= 0.6 is 0 Å². The molecule has 18 heavy (non-hydrogen) atoms. The van der Waals surface area contributed by atoms with Crippen LogP contribution in [0.25, 0.3) is 0 Å².